The first-order valence-corrected chi connectivity index (χ1v) is 12.0. The Labute approximate surface area is 176 Å². The zero-order valence-corrected chi connectivity index (χ0v) is 18.7. The van der Waals surface area contributed by atoms with Crippen LogP contribution in [-0.2, 0) is 25.0 Å². The van der Waals surface area contributed by atoms with Crippen molar-refractivity contribution in [1.82, 2.24) is 15.1 Å². The summed E-state index contributed by atoms with van der Waals surface area (Å²) in [5.74, 6) is 0.172. The molecular formula is C20H29N3O6S. The smallest absolute Gasteiger partial charge is 0.325 e. The van der Waals surface area contributed by atoms with Crippen molar-refractivity contribution < 1.29 is 27.2 Å². The first-order valence-electron chi connectivity index (χ1n) is 10.2. The SMILES string of the molecule is CCCCN(C(=O)CN1C(=O)NC(C)(c2cc(C)oc2C)C1=O)C1CCS(=O)(=O)C1. The predicted octanol–water partition coefficient (Wildman–Crippen LogP) is 1.48. The zero-order chi connectivity index (χ0) is 22.3. The van der Waals surface area contributed by atoms with Gasteiger partial charge < -0.3 is 14.6 Å². The van der Waals surface area contributed by atoms with Gasteiger partial charge in [0.05, 0.1) is 11.5 Å². The maximum Gasteiger partial charge on any atom is 0.325 e. The van der Waals surface area contributed by atoms with Crippen LogP contribution in [0, 0.1) is 13.8 Å². The second-order valence-electron chi connectivity index (χ2n) is 8.27. The molecule has 2 aliphatic heterocycles. The van der Waals surface area contributed by atoms with E-state index < -0.39 is 45.8 Å². The van der Waals surface area contributed by atoms with Gasteiger partial charge in [0.1, 0.15) is 23.6 Å². The van der Waals surface area contributed by atoms with Crippen LogP contribution in [0.15, 0.2) is 10.5 Å². The molecule has 0 spiro atoms. The summed E-state index contributed by atoms with van der Waals surface area (Å²) in [5.41, 5.74) is -0.762. The molecule has 2 atom stereocenters. The highest BCUT2D eigenvalue weighted by molar-refractivity contribution is 7.91. The lowest BCUT2D eigenvalue weighted by Crippen LogP contribution is -2.48. The van der Waals surface area contributed by atoms with Crippen molar-refractivity contribution >= 4 is 27.7 Å². The van der Waals surface area contributed by atoms with E-state index in [2.05, 4.69) is 5.32 Å². The van der Waals surface area contributed by atoms with E-state index >= 15 is 0 Å². The lowest BCUT2D eigenvalue weighted by Gasteiger charge is -2.29. The lowest BCUT2D eigenvalue weighted by molar-refractivity contribution is -0.140. The Balaban J connectivity index is 1.79. The van der Waals surface area contributed by atoms with E-state index in [0.29, 0.717) is 36.5 Å². The number of carbonyl (C=O) groups is 3. The van der Waals surface area contributed by atoms with Crippen molar-refractivity contribution in [1.29, 1.82) is 0 Å². The highest BCUT2D eigenvalue weighted by atomic mass is 32.2. The van der Waals surface area contributed by atoms with Crippen LogP contribution in [-0.4, -0.2) is 66.7 Å². The van der Waals surface area contributed by atoms with E-state index in [4.69, 9.17) is 4.42 Å². The predicted molar refractivity (Wildman–Crippen MR) is 109 cm³/mol. The molecule has 2 unspecified atom stereocenters. The van der Waals surface area contributed by atoms with Gasteiger partial charge in [0, 0.05) is 18.2 Å². The standard InChI is InChI=1S/C20H29N3O6S/c1-5-6-8-22(15-7-9-30(27,28)12-15)17(24)11-23-18(25)20(4,21-19(23)26)16-10-13(2)29-14(16)3/h10,15H,5-9,11-12H2,1-4H3,(H,21,26). The van der Waals surface area contributed by atoms with E-state index in [0.717, 1.165) is 11.3 Å². The molecule has 2 aliphatic rings. The summed E-state index contributed by atoms with van der Waals surface area (Å²) in [5, 5.41) is 2.68. The Morgan fingerprint density at radius 1 is 1.37 bits per heavy atom. The fraction of sp³-hybridized carbons (Fsp3) is 0.650. The molecule has 166 valence electrons. The zero-order valence-electron chi connectivity index (χ0n) is 17.9. The van der Waals surface area contributed by atoms with Crippen molar-refractivity contribution in [3.8, 4) is 0 Å². The van der Waals surface area contributed by atoms with Crippen LogP contribution in [0.1, 0.15) is 50.2 Å². The third-order valence-electron chi connectivity index (χ3n) is 5.87. The number of urea groups is 1. The minimum Gasteiger partial charge on any atom is -0.466 e. The van der Waals surface area contributed by atoms with E-state index in [1.165, 1.54) is 4.90 Å². The molecular weight excluding hydrogens is 410 g/mol. The highest BCUT2D eigenvalue weighted by Gasteiger charge is 2.51. The molecule has 0 aromatic carbocycles. The van der Waals surface area contributed by atoms with Crippen molar-refractivity contribution in [2.24, 2.45) is 0 Å². The number of nitrogens with zero attached hydrogens (tertiary/aromatic N) is 2. The van der Waals surface area contributed by atoms with Crippen molar-refractivity contribution in [2.45, 2.75) is 58.5 Å². The fourth-order valence-corrected chi connectivity index (χ4v) is 5.97. The summed E-state index contributed by atoms with van der Waals surface area (Å²) < 4.78 is 29.3. The molecule has 30 heavy (non-hydrogen) atoms. The van der Waals surface area contributed by atoms with Gasteiger partial charge in [-0.2, -0.15) is 0 Å². The molecule has 1 aromatic rings. The normalized spacial score (nSPS) is 25.6. The van der Waals surface area contributed by atoms with Crippen LogP contribution in [0.4, 0.5) is 4.79 Å². The quantitative estimate of drug-likeness (QED) is 0.643. The van der Waals surface area contributed by atoms with Gasteiger partial charge in [0.15, 0.2) is 9.84 Å². The molecule has 0 saturated carbocycles. The van der Waals surface area contributed by atoms with Crippen molar-refractivity contribution in [3.05, 3.63) is 23.2 Å². The van der Waals surface area contributed by atoms with Crippen LogP contribution in [0.3, 0.4) is 0 Å². The summed E-state index contributed by atoms with van der Waals surface area (Å²) in [4.78, 5) is 41.2. The monoisotopic (exact) mass is 439 g/mol. The fourth-order valence-electron chi connectivity index (χ4n) is 4.24. The Kier molecular flexibility index (Phi) is 5.99. The van der Waals surface area contributed by atoms with Crippen LogP contribution in [0.25, 0.3) is 0 Å². The summed E-state index contributed by atoms with van der Waals surface area (Å²) >= 11 is 0. The molecule has 3 heterocycles. The van der Waals surface area contributed by atoms with Crippen molar-refractivity contribution in [3.63, 3.8) is 0 Å². The molecule has 4 amide bonds. The number of rotatable bonds is 7. The second kappa shape index (κ2) is 8.05. The number of amides is 4. The van der Waals surface area contributed by atoms with Gasteiger partial charge in [0.25, 0.3) is 5.91 Å². The van der Waals surface area contributed by atoms with E-state index in [-0.39, 0.29) is 11.5 Å². The summed E-state index contributed by atoms with van der Waals surface area (Å²) in [6.45, 7) is 7.02. The van der Waals surface area contributed by atoms with Crippen molar-refractivity contribution in [2.75, 3.05) is 24.6 Å². The van der Waals surface area contributed by atoms with Gasteiger partial charge in [0.2, 0.25) is 5.91 Å². The minimum absolute atomic E-state index is 0.0495. The first-order chi connectivity index (χ1) is 14.0. The number of aryl methyl sites for hydroxylation is 2. The minimum atomic E-state index is -3.17. The molecule has 9 nitrogen and oxygen atoms in total. The Hall–Kier alpha value is -2.36. The summed E-state index contributed by atoms with van der Waals surface area (Å²) in [6.07, 6.45) is 1.93. The number of sulfone groups is 1. The third-order valence-corrected chi connectivity index (χ3v) is 7.62. The maximum absolute atomic E-state index is 13.1. The Morgan fingerprint density at radius 2 is 2.07 bits per heavy atom. The number of imide groups is 1. The van der Waals surface area contributed by atoms with Gasteiger partial charge in [-0.1, -0.05) is 13.3 Å². The number of hydrogen-bond acceptors (Lipinski definition) is 6. The molecule has 10 heteroatoms. The van der Waals surface area contributed by atoms with Crippen LogP contribution in [0.2, 0.25) is 0 Å². The van der Waals surface area contributed by atoms with E-state index in [9.17, 15) is 22.8 Å². The van der Waals surface area contributed by atoms with Gasteiger partial charge in [-0.3, -0.25) is 14.5 Å². The number of carbonyl (C=O) groups excluding carboxylic acids is 3. The number of nitrogens with one attached hydrogen (secondary N) is 1. The first kappa shape index (κ1) is 22.3. The van der Waals surface area contributed by atoms with Gasteiger partial charge in [-0.25, -0.2) is 13.2 Å². The van der Waals surface area contributed by atoms with Crippen LogP contribution < -0.4 is 5.32 Å². The Morgan fingerprint density at radius 3 is 2.60 bits per heavy atom. The molecule has 1 aromatic heterocycles. The Bertz CT molecular complexity index is 969. The number of unbranched alkanes of at least 4 members (excludes halogenated alkanes) is 1. The summed E-state index contributed by atoms with van der Waals surface area (Å²) in [6, 6.07) is 0.638. The average molecular weight is 440 g/mol. The average Bonchev–Trinajstić information content (AvgIpc) is 3.25. The van der Waals surface area contributed by atoms with Crippen LogP contribution >= 0.6 is 0 Å². The topological polar surface area (TPSA) is 117 Å². The number of hydrogen-bond donors (Lipinski definition) is 1. The van der Waals surface area contributed by atoms with E-state index in [1.807, 2.05) is 6.92 Å². The molecule has 1 N–H and O–H groups in total. The van der Waals surface area contributed by atoms with Gasteiger partial charge >= 0.3 is 6.03 Å². The molecule has 2 fully saturated rings. The molecule has 0 bridgehead atoms. The molecule has 0 radical (unpaired) electrons. The van der Waals surface area contributed by atoms with Gasteiger partial charge in [-0.15, -0.1) is 0 Å². The van der Waals surface area contributed by atoms with Crippen LogP contribution in [0.5, 0.6) is 0 Å². The lowest BCUT2D eigenvalue weighted by atomic mass is 9.92. The second-order valence-corrected chi connectivity index (χ2v) is 10.5. The largest absolute Gasteiger partial charge is 0.466 e. The molecule has 2 saturated heterocycles. The summed E-state index contributed by atoms with van der Waals surface area (Å²) in [7, 11) is -3.17. The number of furan rings is 1. The van der Waals surface area contributed by atoms with E-state index in [1.54, 1.807) is 26.8 Å². The molecule has 3 rings (SSSR count). The maximum atomic E-state index is 13.1. The highest BCUT2D eigenvalue weighted by Crippen LogP contribution is 2.33. The third kappa shape index (κ3) is 4.10. The molecule has 0 aliphatic carbocycles. The van der Waals surface area contributed by atoms with Gasteiger partial charge in [-0.05, 0) is 39.7 Å².